The zero-order valence-corrected chi connectivity index (χ0v) is 12.7. The molecule has 1 atom stereocenters. The molecule has 1 N–H and O–H groups in total. The van der Waals surface area contributed by atoms with Gasteiger partial charge in [0, 0.05) is 6.54 Å². The number of sulfonamides is 1. The number of hydrogen-bond donors (Lipinski definition) is 1. The van der Waals surface area contributed by atoms with Gasteiger partial charge in [-0.3, -0.25) is 4.79 Å². The third-order valence-electron chi connectivity index (χ3n) is 3.99. The van der Waals surface area contributed by atoms with E-state index in [9.17, 15) is 21.6 Å². The van der Waals surface area contributed by atoms with E-state index in [1.165, 1.54) is 0 Å². The molecule has 2 aliphatic heterocycles. The summed E-state index contributed by atoms with van der Waals surface area (Å²) in [5.41, 5.74) is 0. The van der Waals surface area contributed by atoms with Crippen molar-refractivity contribution in [3.63, 3.8) is 0 Å². The van der Waals surface area contributed by atoms with Gasteiger partial charge in [-0.2, -0.15) is 4.31 Å². The standard InChI is InChI=1S/C11H19NO6S2/c13-11(14)10-3-1-2-6-12(10)20(17,18)9-4-7-19(15,16)8-5-9/h9-10H,1-8H2,(H,13,14)/t10-/m1/s1. The first-order chi connectivity index (χ1) is 9.24. The predicted octanol–water partition coefficient (Wildman–Crippen LogP) is -0.167. The SMILES string of the molecule is O=C(O)[C@H]1CCCCN1S(=O)(=O)C1CCS(=O)(=O)CC1. The zero-order valence-electron chi connectivity index (χ0n) is 11.1. The summed E-state index contributed by atoms with van der Waals surface area (Å²) in [4.78, 5) is 11.2. The van der Waals surface area contributed by atoms with Crippen molar-refractivity contribution >= 4 is 25.8 Å². The van der Waals surface area contributed by atoms with Crippen molar-refractivity contribution in [3.05, 3.63) is 0 Å². The second kappa shape index (κ2) is 5.61. The van der Waals surface area contributed by atoms with E-state index >= 15 is 0 Å². The fraction of sp³-hybridized carbons (Fsp3) is 0.909. The summed E-state index contributed by atoms with van der Waals surface area (Å²) in [6.45, 7) is 0.211. The minimum absolute atomic E-state index is 0.0630. The molecule has 116 valence electrons. The summed E-state index contributed by atoms with van der Waals surface area (Å²) in [6.07, 6.45) is 1.79. The van der Waals surface area contributed by atoms with E-state index in [0.29, 0.717) is 19.3 Å². The Morgan fingerprint density at radius 3 is 2.25 bits per heavy atom. The molecule has 2 aliphatic rings. The summed E-state index contributed by atoms with van der Waals surface area (Å²) in [5, 5.41) is 8.38. The van der Waals surface area contributed by atoms with Crippen molar-refractivity contribution in [2.45, 2.75) is 43.4 Å². The Hall–Kier alpha value is -0.670. The van der Waals surface area contributed by atoms with Crippen LogP contribution in [0.3, 0.4) is 0 Å². The largest absolute Gasteiger partial charge is 0.480 e. The Bertz CT molecular complexity index is 568. The number of piperidine rings is 1. The van der Waals surface area contributed by atoms with Crippen molar-refractivity contribution in [1.29, 1.82) is 0 Å². The van der Waals surface area contributed by atoms with Crippen molar-refractivity contribution in [3.8, 4) is 0 Å². The molecule has 0 spiro atoms. The van der Waals surface area contributed by atoms with Gasteiger partial charge in [0.25, 0.3) is 0 Å². The average molecular weight is 325 g/mol. The molecule has 0 unspecified atom stereocenters. The molecule has 0 bridgehead atoms. The fourth-order valence-corrected chi connectivity index (χ4v) is 6.75. The number of nitrogens with zero attached hydrogens (tertiary/aromatic N) is 1. The summed E-state index contributed by atoms with van der Waals surface area (Å²) in [7, 11) is -6.88. The minimum Gasteiger partial charge on any atom is -0.480 e. The van der Waals surface area contributed by atoms with Crippen LogP contribution < -0.4 is 0 Å². The summed E-state index contributed by atoms with van der Waals surface area (Å²) >= 11 is 0. The van der Waals surface area contributed by atoms with E-state index in [-0.39, 0.29) is 30.9 Å². The van der Waals surface area contributed by atoms with E-state index in [0.717, 1.165) is 4.31 Å². The predicted molar refractivity (Wildman–Crippen MR) is 72.6 cm³/mol. The normalized spacial score (nSPS) is 29.1. The van der Waals surface area contributed by atoms with Crippen molar-refractivity contribution in [2.24, 2.45) is 0 Å². The highest BCUT2D eigenvalue weighted by molar-refractivity contribution is 7.92. The number of hydrogen-bond acceptors (Lipinski definition) is 5. The molecule has 2 fully saturated rings. The Morgan fingerprint density at radius 2 is 1.70 bits per heavy atom. The Kier molecular flexibility index (Phi) is 4.41. The summed E-state index contributed by atoms with van der Waals surface area (Å²) < 4.78 is 48.9. The van der Waals surface area contributed by atoms with Gasteiger partial charge in [0.2, 0.25) is 10.0 Å². The van der Waals surface area contributed by atoms with E-state index in [1.54, 1.807) is 0 Å². The van der Waals surface area contributed by atoms with E-state index in [2.05, 4.69) is 0 Å². The molecular formula is C11H19NO6S2. The highest BCUT2D eigenvalue weighted by Crippen LogP contribution is 2.28. The lowest BCUT2D eigenvalue weighted by Crippen LogP contribution is -2.52. The van der Waals surface area contributed by atoms with Gasteiger partial charge in [-0.1, -0.05) is 0 Å². The lowest BCUT2D eigenvalue weighted by molar-refractivity contribution is -0.142. The third kappa shape index (κ3) is 3.15. The van der Waals surface area contributed by atoms with Gasteiger partial charge < -0.3 is 5.11 Å². The quantitative estimate of drug-likeness (QED) is 0.772. The van der Waals surface area contributed by atoms with Gasteiger partial charge in [-0.25, -0.2) is 16.8 Å². The fourth-order valence-electron chi connectivity index (χ4n) is 2.81. The molecule has 0 radical (unpaired) electrons. The van der Waals surface area contributed by atoms with Gasteiger partial charge in [-0.15, -0.1) is 0 Å². The number of carbonyl (C=O) groups is 1. The number of carboxylic acid groups (broad SMARTS) is 1. The summed E-state index contributed by atoms with van der Waals surface area (Å²) in [6, 6.07) is -1.01. The second-order valence-corrected chi connectivity index (χ2v) is 9.83. The molecule has 0 amide bonds. The van der Waals surface area contributed by atoms with Crippen LogP contribution in [0.1, 0.15) is 32.1 Å². The first kappa shape index (κ1) is 15.7. The lowest BCUT2D eigenvalue weighted by Gasteiger charge is -2.35. The average Bonchev–Trinajstić information content (AvgIpc) is 2.38. The molecule has 2 rings (SSSR count). The molecule has 0 saturated carbocycles. The molecule has 0 aromatic heterocycles. The molecule has 9 heteroatoms. The van der Waals surface area contributed by atoms with Crippen molar-refractivity contribution in [1.82, 2.24) is 4.31 Å². The number of rotatable bonds is 3. The van der Waals surface area contributed by atoms with Crippen LogP contribution in [-0.4, -0.2) is 61.6 Å². The topological polar surface area (TPSA) is 109 Å². The molecule has 2 heterocycles. The number of carboxylic acids is 1. The van der Waals surface area contributed by atoms with Crippen LogP contribution >= 0.6 is 0 Å². The van der Waals surface area contributed by atoms with Gasteiger partial charge in [-0.05, 0) is 32.1 Å². The van der Waals surface area contributed by atoms with Crippen LogP contribution in [0, 0.1) is 0 Å². The van der Waals surface area contributed by atoms with Gasteiger partial charge in [0.1, 0.15) is 15.9 Å². The molecule has 0 aromatic carbocycles. The third-order valence-corrected chi connectivity index (χ3v) is 8.11. The van der Waals surface area contributed by atoms with Crippen molar-refractivity contribution < 1.29 is 26.7 Å². The first-order valence-electron chi connectivity index (χ1n) is 6.68. The molecule has 7 nitrogen and oxygen atoms in total. The van der Waals surface area contributed by atoms with Crippen LogP contribution in [-0.2, 0) is 24.7 Å². The van der Waals surface area contributed by atoms with Gasteiger partial charge in [0.15, 0.2) is 0 Å². The Balaban J connectivity index is 2.19. The molecule has 20 heavy (non-hydrogen) atoms. The number of aliphatic carboxylic acids is 1. The Labute approximate surface area is 118 Å². The molecule has 2 saturated heterocycles. The van der Waals surface area contributed by atoms with E-state index in [1.807, 2.05) is 0 Å². The minimum atomic E-state index is -3.74. The highest BCUT2D eigenvalue weighted by Gasteiger charge is 2.42. The summed E-state index contributed by atoms with van der Waals surface area (Å²) in [5.74, 6) is -1.40. The van der Waals surface area contributed by atoms with E-state index in [4.69, 9.17) is 5.11 Å². The molecular weight excluding hydrogens is 306 g/mol. The maximum Gasteiger partial charge on any atom is 0.322 e. The second-order valence-electron chi connectivity index (χ2n) is 5.36. The van der Waals surface area contributed by atoms with Crippen LogP contribution in [0.25, 0.3) is 0 Å². The lowest BCUT2D eigenvalue weighted by atomic mass is 10.1. The smallest absolute Gasteiger partial charge is 0.322 e. The number of sulfone groups is 1. The van der Waals surface area contributed by atoms with Crippen LogP contribution in [0.15, 0.2) is 0 Å². The first-order valence-corrected chi connectivity index (χ1v) is 10.0. The monoisotopic (exact) mass is 325 g/mol. The van der Waals surface area contributed by atoms with Crippen LogP contribution in [0.5, 0.6) is 0 Å². The maximum absolute atomic E-state index is 12.5. The maximum atomic E-state index is 12.5. The van der Waals surface area contributed by atoms with Gasteiger partial charge >= 0.3 is 5.97 Å². The zero-order chi connectivity index (χ0) is 15.0. The van der Waals surface area contributed by atoms with E-state index < -0.39 is 37.1 Å². The molecule has 0 aliphatic carbocycles. The Morgan fingerprint density at radius 1 is 1.10 bits per heavy atom. The highest BCUT2D eigenvalue weighted by atomic mass is 32.2. The van der Waals surface area contributed by atoms with Crippen LogP contribution in [0.2, 0.25) is 0 Å². The van der Waals surface area contributed by atoms with Gasteiger partial charge in [0.05, 0.1) is 16.8 Å². The van der Waals surface area contributed by atoms with Crippen LogP contribution in [0.4, 0.5) is 0 Å². The van der Waals surface area contributed by atoms with Crippen molar-refractivity contribution in [2.75, 3.05) is 18.1 Å². The molecule has 0 aromatic rings.